The number of benzene rings is 2. The number of halogens is 1. The zero-order valence-corrected chi connectivity index (χ0v) is 17.6. The molecule has 2 aliphatic rings. The number of rotatable bonds is 4. The largest absolute Gasteiger partial charge is 0.310 e. The van der Waals surface area contributed by atoms with Crippen molar-refractivity contribution in [3.63, 3.8) is 0 Å². The third kappa shape index (κ3) is 3.26. The molecular weight excluding hydrogens is 402 g/mol. The zero-order valence-electron chi connectivity index (χ0n) is 16.0. The van der Waals surface area contributed by atoms with E-state index in [0.29, 0.717) is 5.02 Å². The number of thioether (sulfide) groups is 1. The van der Waals surface area contributed by atoms with E-state index in [0.717, 1.165) is 65.5 Å². The molecule has 6 heteroatoms. The van der Waals surface area contributed by atoms with Crippen LogP contribution in [-0.2, 0) is 21.7 Å². The van der Waals surface area contributed by atoms with Gasteiger partial charge >= 0.3 is 0 Å². The van der Waals surface area contributed by atoms with Gasteiger partial charge in [-0.1, -0.05) is 54.8 Å². The molecule has 0 unspecified atom stereocenters. The Labute approximate surface area is 179 Å². The normalized spacial score (nSPS) is 17.3. The summed E-state index contributed by atoms with van der Waals surface area (Å²) < 4.78 is 1.90. The van der Waals surface area contributed by atoms with E-state index >= 15 is 0 Å². The summed E-state index contributed by atoms with van der Waals surface area (Å²) in [5, 5.41) is 8.81. The minimum absolute atomic E-state index is 0.0640. The second kappa shape index (κ2) is 7.54. The van der Waals surface area contributed by atoms with Crippen LogP contribution < -0.4 is 5.32 Å². The van der Waals surface area contributed by atoms with E-state index in [-0.39, 0.29) is 5.91 Å². The minimum Gasteiger partial charge on any atom is -0.310 e. The lowest BCUT2D eigenvalue weighted by atomic mass is 9.78. The molecule has 5 rings (SSSR count). The van der Waals surface area contributed by atoms with Crippen molar-refractivity contribution in [3.8, 4) is 5.69 Å². The average Bonchev–Trinajstić information content (AvgIpc) is 3.47. The fourth-order valence-corrected chi connectivity index (χ4v) is 5.68. The highest BCUT2D eigenvalue weighted by Gasteiger charge is 2.43. The standard InChI is InChI=1S/C23H22ClN3OS/c24-17-10-8-16(9-11-17)23(12-4-5-13-23)22(28)25-21-19-14-29-15-20(19)26-27(21)18-6-2-1-3-7-18/h1-3,6-11H,4-5,12-15H2,(H,25,28). The molecule has 0 bridgehead atoms. The van der Waals surface area contributed by atoms with E-state index in [4.69, 9.17) is 16.7 Å². The topological polar surface area (TPSA) is 46.9 Å². The lowest BCUT2D eigenvalue weighted by molar-refractivity contribution is -0.121. The van der Waals surface area contributed by atoms with Crippen LogP contribution in [0.5, 0.6) is 0 Å². The van der Waals surface area contributed by atoms with Crippen molar-refractivity contribution in [2.24, 2.45) is 0 Å². The Bertz CT molecular complexity index is 1040. The molecule has 2 aromatic carbocycles. The van der Waals surface area contributed by atoms with Gasteiger partial charge in [-0.25, -0.2) is 4.68 Å². The van der Waals surface area contributed by atoms with Crippen molar-refractivity contribution in [1.82, 2.24) is 9.78 Å². The van der Waals surface area contributed by atoms with E-state index in [1.165, 1.54) is 0 Å². The molecular formula is C23H22ClN3OS. The molecule has 1 saturated carbocycles. The number of aromatic nitrogens is 2. The maximum Gasteiger partial charge on any atom is 0.236 e. The number of para-hydroxylation sites is 1. The molecule has 1 aliphatic heterocycles. The molecule has 29 heavy (non-hydrogen) atoms. The van der Waals surface area contributed by atoms with E-state index in [1.54, 1.807) is 0 Å². The van der Waals surface area contributed by atoms with Crippen LogP contribution in [0.25, 0.3) is 5.69 Å². The van der Waals surface area contributed by atoms with Crippen LogP contribution in [-0.4, -0.2) is 15.7 Å². The molecule has 0 spiro atoms. The minimum atomic E-state index is -0.505. The SMILES string of the molecule is O=C(Nc1c2c(nn1-c1ccccc1)CSC2)C1(c2ccc(Cl)cc2)CCCC1. The molecule has 4 nitrogen and oxygen atoms in total. The maximum atomic E-state index is 13.7. The predicted octanol–water partition coefficient (Wildman–Crippen LogP) is 5.72. The van der Waals surface area contributed by atoms with Crippen LogP contribution in [0.15, 0.2) is 54.6 Å². The smallest absolute Gasteiger partial charge is 0.236 e. The first-order chi connectivity index (χ1) is 14.2. The quantitative estimate of drug-likeness (QED) is 0.583. The Balaban J connectivity index is 1.54. The summed E-state index contributed by atoms with van der Waals surface area (Å²) in [6, 6.07) is 17.8. The zero-order chi connectivity index (χ0) is 19.8. The molecule has 1 N–H and O–H groups in total. The van der Waals surface area contributed by atoms with Crippen molar-refractivity contribution in [2.45, 2.75) is 42.6 Å². The number of nitrogens with zero attached hydrogens (tertiary/aromatic N) is 2. The monoisotopic (exact) mass is 423 g/mol. The highest BCUT2D eigenvalue weighted by atomic mass is 35.5. The molecule has 0 saturated heterocycles. The Hall–Kier alpha value is -2.24. The third-order valence-electron chi connectivity index (χ3n) is 6.07. The van der Waals surface area contributed by atoms with Gasteiger partial charge in [-0.3, -0.25) is 4.79 Å². The lowest BCUT2D eigenvalue weighted by Gasteiger charge is -2.28. The Kier molecular flexibility index (Phi) is 4.88. The summed E-state index contributed by atoms with van der Waals surface area (Å²) in [5.41, 5.74) is 3.73. The number of hydrogen-bond acceptors (Lipinski definition) is 3. The molecule has 1 aliphatic carbocycles. The third-order valence-corrected chi connectivity index (χ3v) is 7.30. The Morgan fingerprint density at radius 3 is 2.48 bits per heavy atom. The number of anilines is 1. The van der Waals surface area contributed by atoms with E-state index < -0.39 is 5.41 Å². The van der Waals surface area contributed by atoms with Gasteiger partial charge < -0.3 is 5.32 Å². The first-order valence-electron chi connectivity index (χ1n) is 9.99. The van der Waals surface area contributed by atoms with Gasteiger partial charge in [-0.15, -0.1) is 0 Å². The second-order valence-corrected chi connectivity index (χ2v) is 9.19. The van der Waals surface area contributed by atoms with Crippen molar-refractivity contribution >= 4 is 35.1 Å². The molecule has 2 heterocycles. The van der Waals surface area contributed by atoms with Gasteiger partial charge in [0.15, 0.2) is 0 Å². The maximum absolute atomic E-state index is 13.7. The second-order valence-electron chi connectivity index (χ2n) is 7.76. The first kappa shape index (κ1) is 18.8. The van der Waals surface area contributed by atoms with Crippen molar-refractivity contribution in [2.75, 3.05) is 5.32 Å². The Morgan fingerprint density at radius 2 is 1.76 bits per heavy atom. The van der Waals surface area contributed by atoms with Crippen molar-refractivity contribution < 1.29 is 4.79 Å². The van der Waals surface area contributed by atoms with Crippen LogP contribution in [0.3, 0.4) is 0 Å². The summed E-state index contributed by atoms with van der Waals surface area (Å²) in [4.78, 5) is 13.7. The van der Waals surface area contributed by atoms with Gasteiger partial charge in [-0.05, 0) is 42.7 Å². The van der Waals surface area contributed by atoms with Crippen LogP contribution in [0.1, 0.15) is 42.5 Å². The first-order valence-corrected chi connectivity index (χ1v) is 11.5. The van der Waals surface area contributed by atoms with E-state index in [9.17, 15) is 4.79 Å². The van der Waals surface area contributed by atoms with Crippen LogP contribution in [0.2, 0.25) is 5.02 Å². The molecule has 0 radical (unpaired) electrons. The lowest BCUT2D eigenvalue weighted by Crippen LogP contribution is -2.38. The summed E-state index contributed by atoms with van der Waals surface area (Å²) in [6.45, 7) is 0. The van der Waals surface area contributed by atoms with Gasteiger partial charge in [-0.2, -0.15) is 16.9 Å². The molecule has 0 atom stereocenters. The van der Waals surface area contributed by atoms with Crippen LogP contribution in [0.4, 0.5) is 5.82 Å². The highest BCUT2D eigenvalue weighted by molar-refractivity contribution is 7.98. The molecule has 1 fully saturated rings. The summed E-state index contributed by atoms with van der Waals surface area (Å²) in [7, 11) is 0. The van der Waals surface area contributed by atoms with Gasteiger partial charge in [0, 0.05) is 22.1 Å². The summed E-state index contributed by atoms with van der Waals surface area (Å²) >= 11 is 7.94. The van der Waals surface area contributed by atoms with E-state index in [2.05, 4.69) is 5.32 Å². The number of hydrogen-bond donors (Lipinski definition) is 1. The van der Waals surface area contributed by atoms with Crippen LogP contribution in [0, 0.1) is 0 Å². The number of carbonyl (C=O) groups is 1. The van der Waals surface area contributed by atoms with Gasteiger partial charge in [0.1, 0.15) is 5.82 Å². The van der Waals surface area contributed by atoms with Crippen molar-refractivity contribution in [1.29, 1.82) is 0 Å². The fraction of sp³-hybridized carbons (Fsp3) is 0.304. The fourth-order valence-electron chi connectivity index (χ4n) is 4.52. The highest BCUT2D eigenvalue weighted by Crippen LogP contribution is 2.43. The van der Waals surface area contributed by atoms with Gasteiger partial charge in [0.2, 0.25) is 5.91 Å². The van der Waals surface area contributed by atoms with Crippen molar-refractivity contribution in [3.05, 3.63) is 76.4 Å². The van der Waals surface area contributed by atoms with Crippen LogP contribution >= 0.6 is 23.4 Å². The molecule has 3 aromatic rings. The summed E-state index contributed by atoms with van der Waals surface area (Å²) in [5.74, 6) is 2.65. The van der Waals surface area contributed by atoms with E-state index in [1.807, 2.05) is 71.0 Å². The summed E-state index contributed by atoms with van der Waals surface area (Å²) in [6.07, 6.45) is 3.83. The molecule has 1 amide bonds. The number of fused-ring (bicyclic) bond motifs is 1. The van der Waals surface area contributed by atoms with Gasteiger partial charge in [0.25, 0.3) is 0 Å². The predicted molar refractivity (Wildman–Crippen MR) is 119 cm³/mol. The molecule has 148 valence electrons. The Morgan fingerprint density at radius 1 is 1.03 bits per heavy atom. The molecule has 1 aromatic heterocycles. The number of carbonyl (C=O) groups excluding carboxylic acids is 1. The number of nitrogens with one attached hydrogen (secondary N) is 1. The average molecular weight is 424 g/mol. The number of amides is 1. The van der Waals surface area contributed by atoms with Gasteiger partial charge in [0.05, 0.1) is 16.8 Å².